The van der Waals surface area contributed by atoms with Crippen molar-refractivity contribution in [1.29, 1.82) is 0 Å². The molecule has 0 saturated carbocycles. The van der Waals surface area contributed by atoms with Crippen LogP contribution >= 0.6 is 22.7 Å². The molecule has 0 amide bonds. The summed E-state index contributed by atoms with van der Waals surface area (Å²) in [5.41, 5.74) is 14.6. The van der Waals surface area contributed by atoms with E-state index < -0.39 is 0 Å². The van der Waals surface area contributed by atoms with Gasteiger partial charge in [-0.3, -0.25) is 0 Å². The second-order valence-corrected chi connectivity index (χ2v) is 19.0. The Morgan fingerprint density at radius 1 is 0.242 bits per heavy atom. The van der Waals surface area contributed by atoms with Crippen LogP contribution in [0, 0.1) is 0 Å². The van der Waals surface area contributed by atoms with Gasteiger partial charge in [-0.25, -0.2) is 0 Å². The third-order valence-electron chi connectivity index (χ3n) is 12.7. The zero-order valence-electron chi connectivity index (χ0n) is 36.1. The minimum absolute atomic E-state index is 1.17. The Hall–Kier alpha value is -7.88. The molecule has 66 heavy (non-hydrogen) atoms. The number of rotatable bonds is 9. The molecule has 10 aromatic carbocycles. The first-order valence-electron chi connectivity index (χ1n) is 22.5. The van der Waals surface area contributed by atoms with Crippen LogP contribution in [0.2, 0.25) is 0 Å². The molecule has 0 saturated heterocycles. The molecule has 2 aromatic heterocycles. The second-order valence-electron chi connectivity index (χ2n) is 16.8. The van der Waals surface area contributed by atoms with E-state index in [1.54, 1.807) is 0 Å². The fourth-order valence-corrected chi connectivity index (χ4v) is 11.6. The second kappa shape index (κ2) is 17.3. The van der Waals surface area contributed by atoms with E-state index in [9.17, 15) is 0 Å². The highest BCUT2D eigenvalue weighted by atomic mass is 32.1. The Morgan fingerprint density at radius 2 is 0.682 bits per heavy atom. The zero-order chi connectivity index (χ0) is 43.8. The van der Waals surface area contributed by atoms with Crippen molar-refractivity contribution in [2.45, 2.75) is 0 Å². The minimum Gasteiger partial charge on any atom is -0.135 e. The molecule has 0 fully saturated rings. The van der Waals surface area contributed by atoms with Gasteiger partial charge >= 0.3 is 0 Å². The molecule has 0 N–H and O–H groups in total. The molecule has 0 atom stereocenters. The fraction of sp³-hybridized carbons (Fsp3) is 0. The largest absolute Gasteiger partial charge is 0.135 e. The van der Waals surface area contributed by atoms with E-state index >= 15 is 0 Å². The normalized spacial score (nSPS) is 11.6. The molecule has 0 aliphatic heterocycles. The summed E-state index contributed by atoms with van der Waals surface area (Å²) in [5.74, 6) is 0. The summed E-state index contributed by atoms with van der Waals surface area (Å²) >= 11 is 3.70. The van der Waals surface area contributed by atoms with Crippen molar-refractivity contribution in [1.82, 2.24) is 0 Å². The molecule has 0 aliphatic carbocycles. The standard InChI is InChI=1S/C64H42S2/c1-3-17-46(18-4-1)59-35-37-61(65-59)50-24-13-26-52(40-50)63-55-29-9-10-30-56(55)64(53-27-14-25-51(41-53)62-38-36-60(66-62)47-19-5-2-6-20-47)58-42-49(33-34-57(58)63)48-23-11-15-43(39-48)31-32-45-22-12-21-44-16-7-8-28-54(44)45/h1-42H. The maximum absolute atomic E-state index is 2.44. The molecule has 310 valence electrons. The van der Waals surface area contributed by atoms with Gasteiger partial charge in [0.1, 0.15) is 0 Å². The average molecular weight is 875 g/mol. The summed E-state index contributed by atoms with van der Waals surface area (Å²) in [6.45, 7) is 0. The van der Waals surface area contributed by atoms with Crippen LogP contribution in [0.15, 0.2) is 243 Å². The van der Waals surface area contributed by atoms with Gasteiger partial charge in [-0.15, -0.1) is 22.7 Å². The van der Waals surface area contributed by atoms with E-state index in [0.29, 0.717) is 0 Å². The van der Waals surface area contributed by atoms with Gasteiger partial charge in [-0.05, 0) is 148 Å². The first-order chi connectivity index (χ1) is 32.7. The Labute approximate surface area is 393 Å². The van der Waals surface area contributed by atoms with E-state index in [1.165, 1.54) is 119 Å². The molecule has 2 heteroatoms. The molecular weight excluding hydrogens is 833 g/mol. The van der Waals surface area contributed by atoms with Crippen LogP contribution in [-0.4, -0.2) is 0 Å². The number of hydrogen-bond donors (Lipinski definition) is 0. The van der Waals surface area contributed by atoms with Crippen molar-refractivity contribution in [3.8, 4) is 75.1 Å². The van der Waals surface area contributed by atoms with Crippen molar-refractivity contribution in [2.75, 3.05) is 0 Å². The van der Waals surface area contributed by atoms with Crippen molar-refractivity contribution in [3.05, 3.63) is 254 Å². The Morgan fingerprint density at radius 3 is 1.32 bits per heavy atom. The zero-order valence-corrected chi connectivity index (χ0v) is 37.7. The molecule has 0 aliphatic rings. The number of fused-ring (bicyclic) bond motifs is 3. The SMILES string of the molecule is C(=Cc1cccc2ccccc12)c1cccc(-c2ccc3c(-c4cccc(-c5ccc(-c6ccccc6)s5)c4)c4ccccc4c(-c4cccc(-c5ccc(-c6ccccc6)s5)c4)c3c2)c1. The smallest absolute Gasteiger partial charge is 0.0349 e. The van der Waals surface area contributed by atoms with Gasteiger partial charge in [0.05, 0.1) is 0 Å². The predicted octanol–water partition coefficient (Wildman–Crippen LogP) is 19.1. The monoisotopic (exact) mass is 874 g/mol. The van der Waals surface area contributed by atoms with Crippen LogP contribution in [0.4, 0.5) is 0 Å². The van der Waals surface area contributed by atoms with E-state index in [-0.39, 0.29) is 0 Å². The van der Waals surface area contributed by atoms with Gasteiger partial charge in [-0.2, -0.15) is 0 Å². The van der Waals surface area contributed by atoms with Crippen LogP contribution in [0.5, 0.6) is 0 Å². The molecule has 12 rings (SSSR count). The van der Waals surface area contributed by atoms with Gasteiger partial charge in [0.25, 0.3) is 0 Å². The van der Waals surface area contributed by atoms with E-state index in [4.69, 9.17) is 0 Å². The van der Waals surface area contributed by atoms with Gasteiger partial charge in [0.15, 0.2) is 0 Å². The van der Waals surface area contributed by atoms with E-state index in [1.807, 2.05) is 22.7 Å². The lowest BCUT2D eigenvalue weighted by molar-refractivity contribution is 1.61. The highest BCUT2D eigenvalue weighted by molar-refractivity contribution is 7.19. The molecule has 2 heterocycles. The Balaban J connectivity index is 1.02. The Bertz CT molecular complexity index is 3750. The molecule has 0 nitrogen and oxygen atoms in total. The minimum atomic E-state index is 1.17. The average Bonchev–Trinajstić information content (AvgIpc) is 4.10. The predicted molar refractivity (Wildman–Crippen MR) is 288 cm³/mol. The van der Waals surface area contributed by atoms with Gasteiger partial charge in [0, 0.05) is 19.5 Å². The summed E-state index contributed by atoms with van der Waals surface area (Å²) in [7, 11) is 0. The third kappa shape index (κ3) is 7.57. The maximum atomic E-state index is 2.44. The quantitative estimate of drug-likeness (QED) is 0.100. The highest BCUT2D eigenvalue weighted by Crippen LogP contribution is 2.47. The van der Waals surface area contributed by atoms with Crippen LogP contribution in [-0.2, 0) is 0 Å². The summed E-state index contributed by atoms with van der Waals surface area (Å²) in [5, 5.41) is 7.47. The molecule has 0 radical (unpaired) electrons. The molecule has 12 aromatic rings. The number of thiophene rings is 2. The first-order valence-corrected chi connectivity index (χ1v) is 24.1. The van der Waals surface area contributed by atoms with E-state index in [0.717, 1.165) is 0 Å². The Kier molecular flexibility index (Phi) is 10.4. The number of benzene rings is 10. The van der Waals surface area contributed by atoms with Crippen LogP contribution in [0.1, 0.15) is 11.1 Å². The molecule has 0 bridgehead atoms. The van der Waals surface area contributed by atoms with E-state index in [2.05, 4.69) is 255 Å². The van der Waals surface area contributed by atoms with Gasteiger partial charge in [0.2, 0.25) is 0 Å². The van der Waals surface area contributed by atoms with Crippen molar-refractivity contribution < 1.29 is 0 Å². The lowest BCUT2D eigenvalue weighted by Crippen LogP contribution is -1.92. The van der Waals surface area contributed by atoms with Gasteiger partial charge in [-0.1, -0.05) is 206 Å². The van der Waals surface area contributed by atoms with Crippen LogP contribution in [0.25, 0.3) is 120 Å². The molecule has 0 spiro atoms. The fourth-order valence-electron chi connectivity index (χ4n) is 9.54. The summed E-state index contributed by atoms with van der Waals surface area (Å²) in [6, 6.07) is 89.0. The molecule has 0 unspecified atom stereocenters. The third-order valence-corrected chi connectivity index (χ3v) is 15.1. The van der Waals surface area contributed by atoms with Crippen LogP contribution in [0.3, 0.4) is 0 Å². The maximum Gasteiger partial charge on any atom is 0.0349 e. The van der Waals surface area contributed by atoms with Crippen molar-refractivity contribution in [3.63, 3.8) is 0 Å². The lowest BCUT2D eigenvalue weighted by atomic mass is 9.84. The van der Waals surface area contributed by atoms with Crippen LogP contribution < -0.4 is 0 Å². The topological polar surface area (TPSA) is 0 Å². The van der Waals surface area contributed by atoms with Gasteiger partial charge < -0.3 is 0 Å². The lowest BCUT2D eigenvalue weighted by Gasteiger charge is -2.19. The highest BCUT2D eigenvalue weighted by Gasteiger charge is 2.19. The first kappa shape index (κ1) is 39.7. The van der Waals surface area contributed by atoms with Crippen molar-refractivity contribution >= 4 is 67.1 Å². The van der Waals surface area contributed by atoms with Crippen molar-refractivity contribution in [2.24, 2.45) is 0 Å². The molecular formula is C64H42S2. The summed E-state index contributed by atoms with van der Waals surface area (Å²) < 4.78 is 0. The summed E-state index contributed by atoms with van der Waals surface area (Å²) in [6.07, 6.45) is 4.49. The summed E-state index contributed by atoms with van der Waals surface area (Å²) in [4.78, 5) is 5.07. The number of hydrogen-bond acceptors (Lipinski definition) is 2.